The summed E-state index contributed by atoms with van der Waals surface area (Å²) in [5.74, 6) is -0.414. The summed E-state index contributed by atoms with van der Waals surface area (Å²) in [5.41, 5.74) is 2.95. The van der Waals surface area contributed by atoms with Gasteiger partial charge in [-0.3, -0.25) is 4.79 Å². The van der Waals surface area contributed by atoms with E-state index in [1.165, 1.54) is 4.88 Å². The number of Topliss-reactive ketones (excluding diaryl/α,β-unsaturated/α-hetero) is 1. The van der Waals surface area contributed by atoms with Crippen LogP contribution in [0.1, 0.15) is 32.2 Å². The van der Waals surface area contributed by atoms with Gasteiger partial charge in [0.1, 0.15) is 5.75 Å². The minimum Gasteiger partial charge on any atom is -0.482 e. The lowest BCUT2D eigenvalue weighted by Crippen LogP contribution is -2.20. The molecular formula is C23H22N2O4S. The van der Waals surface area contributed by atoms with E-state index in [4.69, 9.17) is 14.7 Å². The molecule has 0 aliphatic heterocycles. The Balaban J connectivity index is 1.50. The summed E-state index contributed by atoms with van der Waals surface area (Å²) in [5, 5.41) is 10.8. The Morgan fingerprint density at radius 2 is 1.90 bits per heavy atom. The molecule has 7 heteroatoms. The van der Waals surface area contributed by atoms with Crippen molar-refractivity contribution < 1.29 is 19.1 Å². The van der Waals surface area contributed by atoms with Gasteiger partial charge in [0, 0.05) is 28.4 Å². The third-order valence-corrected chi connectivity index (χ3v) is 5.68. The van der Waals surface area contributed by atoms with Crippen molar-refractivity contribution in [2.75, 3.05) is 13.2 Å². The van der Waals surface area contributed by atoms with Crippen LogP contribution in [0.15, 0.2) is 47.8 Å². The highest BCUT2D eigenvalue weighted by Crippen LogP contribution is 2.18. The standard InChI is InChI=1S/C23H22N2O4S/c1-16-12-21(17(2)25(16)10-9-20-4-3-11-30-20)22(26)14-29-23(27)15-28-19-7-5-18(13-24)6-8-19/h3-8,11-12H,9-10,14-15H2,1-2H3. The molecule has 0 N–H and O–H groups in total. The van der Waals surface area contributed by atoms with Gasteiger partial charge in [-0.05, 0) is 62.0 Å². The van der Waals surface area contributed by atoms with Crippen LogP contribution in [-0.4, -0.2) is 29.5 Å². The maximum Gasteiger partial charge on any atom is 0.344 e. The van der Waals surface area contributed by atoms with Crippen LogP contribution in [-0.2, 0) is 22.5 Å². The second-order valence-electron chi connectivity index (χ2n) is 6.77. The molecule has 154 valence electrons. The smallest absolute Gasteiger partial charge is 0.344 e. The Labute approximate surface area is 179 Å². The number of carbonyl (C=O) groups is 2. The Bertz CT molecular complexity index is 1060. The van der Waals surface area contributed by atoms with Gasteiger partial charge in [0.15, 0.2) is 13.2 Å². The average molecular weight is 423 g/mol. The molecule has 0 atom stereocenters. The molecule has 0 saturated carbocycles. The van der Waals surface area contributed by atoms with Gasteiger partial charge in [-0.1, -0.05) is 6.07 Å². The molecule has 0 aliphatic carbocycles. The van der Waals surface area contributed by atoms with Gasteiger partial charge >= 0.3 is 5.97 Å². The summed E-state index contributed by atoms with van der Waals surface area (Å²) < 4.78 is 12.5. The lowest BCUT2D eigenvalue weighted by molar-refractivity contribution is -0.144. The van der Waals surface area contributed by atoms with Crippen molar-refractivity contribution in [2.24, 2.45) is 0 Å². The van der Waals surface area contributed by atoms with Crippen molar-refractivity contribution in [1.82, 2.24) is 4.57 Å². The lowest BCUT2D eigenvalue weighted by Gasteiger charge is -2.09. The van der Waals surface area contributed by atoms with E-state index in [1.54, 1.807) is 35.6 Å². The summed E-state index contributed by atoms with van der Waals surface area (Å²) in [6, 6.07) is 14.4. The van der Waals surface area contributed by atoms with Crippen LogP contribution in [0.3, 0.4) is 0 Å². The number of ether oxygens (including phenoxy) is 2. The highest BCUT2D eigenvalue weighted by atomic mass is 32.1. The molecule has 2 aromatic heterocycles. The topological polar surface area (TPSA) is 81.3 Å². The highest BCUT2D eigenvalue weighted by molar-refractivity contribution is 7.09. The van der Waals surface area contributed by atoms with Crippen LogP contribution in [0.2, 0.25) is 0 Å². The molecule has 0 bridgehead atoms. The van der Waals surface area contributed by atoms with E-state index in [9.17, 15) is 9.59 Å². The zero-order chi connectivity index (χ0) is 21.5. The van der Waals surface area contributed by atoms with Crippen molar-refractivity contribution >= 4 is 23.1 Å². The van der Waals surface area contributed by atoms with Crippen LogP contribution in [0.25, 0.3) is 0 Å². The number of esters is 1. The summed E-state index contributed by atoms with van der Waals surface area (Å²) in [4.78, 5) is 25.8. The van der Waals surface area contributed by atoms with Crippen molar-refractivity contribution in [2.45, 2.75) is 26.8 Å². The molecule has 0 aliphatic rings. The molecule has 1 aromatic carbocycles. The van der Waals surface area contributed by atoms with Gasteiger partial charge in [-0.25, -0.2) is 4.79 Å². The molecule has 0 saturated heterocycles. The minimum atomic E-state index is -0.626. The third-order valence-electron chi connectivity index (χ3n) is 4.74. The first-order valence-corrected chi connectivity index (χ1v) is 10.4. The fraction of sp³-hybridized carbons (Fsp3) is 0.261. The first kappa shape index (κ1) is 21.3. The number of benzene rings is 1. The van der Waals surface area contributed by atoms with E-state index in [1.807, 2.05) is 32.0 Å². The van der Waals surface area contributed by atoms with Crippen LogP contribution in [0, 0.1) is 25.2 Å². The second-order valence-corrected chi connectivity index (χ2v) is 7.81. The maximum absolute atomic E-state index is 12.6. The normalized spacial score (nSPS) is 10.4. The Morgan fingerprint density at radius 3 is 2.57 bits per heavy atom. The molecule has 0 radical (unpaired) electrons. The van der Waals surface area contributed by atoms with Gasteiger partial charge in [-0.15, -0.1) is 11.3 Å². The lowest BCUT2D eigenvalue weighted by atomic mass is 10.1. The van der Waals surface area contributed by atoms with E-state index >= 15 is 0 Å². The van der Waals surface area contributed by atoms with Crippen LogP contribution < -0.4 is 4.74 Å². The van der Waals surface area contributed by atoms with Crippen LogP contribution in [0.5, 0.6) is 5.75 Å². The van der Waals surface area contributed by atoms with Crippen molar-refractivity contribution in [3.63, 3.8) is 0 Å². The number of ketones is 1. The predicted molar refractivity (Wildman–Crippen MR) is 114 cm³/mol. The fourth-order valence-corrected chi connectivity index (χ4v) is 3.84. The average Bonchev–Trinajstić information content (AvgIpc) is 3.37. The number of carbonyl (C=O) groups excluding carboxylic acids is 2. The van der Waals surface area contributed by atoms with E-state index in [0.717, 1.165) is 24.4 Å². The zero-order valence-corrected chi connectivity index (χ0v) is 17.7. The van der Waals surface area contributed by atoms with Gasteiger partial charge in [-0.2, -0.15) is 5.26 Å². The molecule has 3 aromatic rings. The molecule has 0 amide bonds. The number of nitrogens with zero attached hydrogens (tertiary/aromatic N) is 2. The van der Waals surface area contributed by atoms with Gasteiger partial charge in [0.2, 0.25) is 5.78 Å². The van der Waals surface area contributed by atoms with Gasteiger partial charge < -0.3 is 14.0 Å². The number of aromatic nitrogens is 1. The van der Waals surface area contributed by atoms with E-state index < -0.39 is 5.97 Å². The SMILES string of the molecule is Cc1cc(C(=O)COC(=O)COc2ccc(C#N)cc2)c(C)n1CCc1cccs1. The number of nitriles is 1. The Morgan fingerprint density at radius 1 is 1.13 bits per heavy atom. The minimum absolute atomic E-state index is 0.239. The van der Waals surface area contributed by atoms with Crippen molar-refractivity contribution in [3.05, 3.63) is 75.2 Å². The number of thiophene rings is 1. The van der Waals surface area contributed by atoms with E-state index in [-0.39, 0.29) is 19.0 Å². The molecule has 0 spiro atoms. The highest BCUT2D eigenvalue weighted by Gasteiger charge is 2.17. The van der Waals surface area contributed by atoms with Gasteiger partial charge in [0.05, 0.1) is 11.6 Å². The number of hydrogen-bond acceptors (Lipinski definition) is 6. The van der Waals surface area contributed by atoms with E-state index in [2.05, 4.69) is 16.0 Å². The van der Waals surface area contributed by atoms with E-state index in [0.29, 0.717) is 16.9 Å². The number of hydrogen-bond donors (Lipinski definition) is 0. The monoisotopic (exact) mass is 422 g/mol. The summed E-state index contributed by atoms with van der Waals surface area (Å²) in [6.45, 7) is 4.04. The summed E-state index contributed by atoms with van der Waals surface area (Å²) >= 11 is 1.72. The third kappa shape index (κ3) is 5.37. The first-order chi connectivity index (χ1) is 14.5. The van der Waals surface area contributed by atoms with Crippen molar-refractivity contribution in [3.8, 4) is 11.8 Å². The molecule has 3 rings (SSSR count). The molecule has 6 nitrogen and oxygen atoms in total. The van der Waals surface area contributed by atoms with Crippen LogP contribution >= 0.6 is 11.3 Å². The van der Waals surface area contributed by atoms with Gasteiger partial charge in [0.25, 0.3) is 0 Å². The zero-order valence-electron chi connectivity index (χ0n) is 16.9. The fourth-order valence-electron chi connectivity index (χ4n) is 3.14. The quantitative estimate of drug-likeness (QED) is 0.383. The predicted octanol–water partition coefficient (Wildman–Crippen LogP) is 4.09. The summed E-state index contributed by atoms with van der Waals surface area (Å²) in [7, 11) is 0. The summed E-state index contributed by atoms with van der Waals surface area (Å²) in [6.07, 6.45) is 0.906. The second kappa shape index (κ2) is 9.90. The largest absolute Gasteiger partial charge is 0.482 e. The van der Waals surface area contributed by atoms with Crippen LogP contribution in [0.4, 0.5) is 0 Å². The molecule has 0 unspecified atom stereocenters. The number of aryl methyl sites for hydroxylation is 2. The number of rotatable bonds is 9. The van der Waals surface area contributed by atoms with Crippen molar-refractivity contribution in [1.29, 1.82) is 5.26 Å². The molecule has 2 heterocycles. The Kier molecular flexibility index (Phi) is 7.04. The molecule has 0 fully saturated rings. The first-order valence-electron chi connectivity index (χ1n) is 9.49. The molecule has 30 heavy (non-hydrogen) atoms. The molecular weight excluding hydrogens is 400 g/mol. The maximum atomic E-state index is 12.6. The Hall–Kier alpha value is -3.37.